The Morgan fingerprint density at radius 1 is 1.33 bits per heavy atom. The van der Waals surface area contributed by atoms with Crippen LogP contribution in [0.3, 0.4) is 0 Å². The van der Waals surface area contributed by atoms with E-state index in [1.807, 2.05) is 12.1 Å². The van der Waals surface area contributed by atoms with Gasteiger partial charge in [0, 0.05) is 18.7 Å². The van der Waals surface area contributed by atoms with Crippen molar-refractivity contribution in [3.8, 4) is 5.75 Å². The molecule has 0 aromatic heterocycles. The molecule has 2 N–H and O–H groups in total. The summed E-state index contributed by atoms with van der Waals surface area (Å²) in [6.45, 7) is 6.29. The van der Waals surface area contributed by atoms with E-state index in [1.54, 1.807) is 7.11 Å². The number of nitrogens with two attached hydrogens (primary N) is 1. The molecule has 1 aliphatic rings. The van der Waals surface area contributed by atoms with Gasteiger partial charge < -0.3 is 10.5 Å². The van der Waals surface area contributed by atoms with Gasteiger partial charge in [-0.15, -0.1) is 0 Å². The van der Waals surface area contributed by atoms with Gasteiger partial charge in [-0.05, 0) is 49.5 Å². The molecular weight excluding hydrogens is 224 g/mol. The summed E-state index contributed by atoms with van der Waals surface area (Å²) in [5, 5.41) is 0. The summed E-state index contributed by atoms with van der Waals surface area (Å²) in [7, 11) is 1.74. The van der Waals surface area contributed by atoms with Crippen LogP contribution < -0.4 is 10.5 Å². The third kappa shape index (κ3) is 3.24. The Labute approximate surface area is 110 Å². The molecule has 18 heavy (non-hydrogen) atoms. The van der Waals surface area contributed by atoms with Crippen LogP contribution >= 0.6 is 0 Å². The van der Waals surface area contributed by atoms with E-state index in [0.717, 1.165) is 18.2 Å². The molecule has 0 spiro atoms. The normalized spacial score (nSPS) is 17.9. The molecular formula is C15H24N2O. The highest BCUT2D eigenvalue weighted by atomic mass is 16.5. The van der Waals surface area contributed by atoms with Crippen LogP contribution in [-0.2, 0) is 13.1 Å². The maximum atomic E-state index is 5.71. The van der Waals surface area contributed by atoms with Crippen LogP contribution in [0, 0.1) is 5.92 Å². The Bertz CT molecular complexity index is 384. The Hall–Kier alpha value is -1.06. The fourth-order valence-corrected chi connectivity index (χ4v) is 2.54. The van der Waals surface area contributed by atoms with E-state index in [-0.39, 0.29) is 0 Å². The summed E-state index contributed by atoms with van der Waals surface area (Å²) < 4.78 is 5.44. The Kier molecular flexibility index (Phi) is 4.61. The molecule has 3 nitrogen and oxygen atoms in total. The van der Waals surface area contributed by atoms with E-state index in [2.05, 4.69) is 17.9 Å². The van der Waals surface area contributed by atoms with Gasteiger partial charge in [-0.25, -0.2) is 0 Å². The molecule has 1 fully saturated rings. The van der Waals surface area contributed by atoms with Crippen molar-refractivity contribution in [1.29, 1.82) is 0 Å². The standard InChI is InChI=1S/C15H24N2O/c1-12-5-7-17(8-6-12)11-14-9-13(10-16)3-4-15(14)18-2/h3-4,9,12H,5-8,10-11,16H2,1-2H3. The van der Waals surface area contributed by atoms with E-state index < -0.39 is 0 Å². The first-order chi connectivity index (χ1) is 8.72. The second-order valence-electron chi connectivity index (χ2n) is 5.31. The van der Waals surface area contributed by atoms with Crippen molar-refractivity contribution in [1.82, 2.24) is 4.90 Å². The molecule has 1 aromatic carbocycles. The van der Waals surface area contributed by atoms with Crippen molar-refractivity contribution < 1.29 is 4.74 Å². The minimum absolute atomic E-state index is 0.591. The van der Waals surface area contributed by atoms with Crippen LogP contribution in [0.25, 0.3) is 0 Å². The number of benzene rings is 1. The van der Waals surface area contributed by atoms with Crippen LogP contribution in [0.5, 0.6) is 5.75 Å². The zero-order valence-corrected chi connectivity index (χ0v) is 11.5. The second-order valence-corrected chi connectivity index (χ2v) is 5.31. The summed E-state index contributed by atoms with van der Waals surface area (Å²) in [4.78, 5) is 2.51. The Morgan fingerprint density at radius 3 is 2.67 bits per heavy atom. The van der Waals surface area contributed by atoms with Crippen LogP contribution in [0.4, 0.5) is 0 Å². The van der Waals surface area contributed by atoms with E-state index in [9.17, 15) is 0 Å². The summed E-state index contributed by atoms with van der Waals surface area (Å²) in [5.41, 5.74) is 8.14. The van der Waals surface area contributed by atoms with E-state index >= 15 is 0 Å². The van der Waals surface area contributed by atoms with Gasteiger partial charge in [-0.1, -0.05) is 13.0 Å². The quantitative estimate of drug-likeness (QED) is 0.889. The van der Waals surface area contributed by atoms with Crippen molar-refractivity contribution in [2.75, 3.05) is 20.2 Å². The molecule has 0 aliphatic carbocycles. The summed E-state index contributed by atoms with van der Waals surface area (Å²) >= 11 is 0. The van der Waals surface area contributed by atoms with E-state index in [1.165, 1.54) is 37.1 Å². The summed E-state index contributed by atoms with van der Waals surface area (Å²) in [5.74, 6) is 1.85. The van der Waals surface area contributed by atoms with Crippen LogP contribution in [0.1, 0.15) is 30.9 Å². The number of ether oxygens (including phenoxy) is 1. The largest absolute Gasteiger partial charge is 0.496 e. The van der Waals surface area contributed by atoms with Crippen molar-refractivity contribution in [3.63, 3.8) is 0 Å². The van der Waals surface area contributed by atoms with Gasteiger partial charge in [0.05, 0.1) is 7.11 Å². The minimum atomic E-state index is 0.591. The fourth-order valence-electron chi connectivity index (χ4n) is 2.54. The molecule has 1 heterocycles. The molecule has 0 saturated carbocycles. The average Bonchev–Trinajstić information content (AvgIpc) is 2.41. The number of methoxy groups -OCH3 is 1. The minimum Gasteiger partial charge on any atom is -0.496 e. The van der Waals surface area contributed by atoms with Gasteiger partial charge in [-0.3, -0.25) is 4.90 Å². The molecule has 100 valence electrons. The van der Waals surface area contributed by atoms with Gasteiger partial charge in [0.15, 0.2) is 0 Å². The first kappa shape index (κ1) is 13.4. The van der Waals surface area contributed by atoms with Crippen molar-refractivity contribution >= 4 is 0 Å². The van der Waals surface area contributed by atoms with Crippen LogP contribution in [0.15, 0.2) is 18.2 Å². The average molecular weight is 248 g/mol. The van der Waals surface area contributed by atoms with Gasteiger partial charge in [0.1, 0.15) is 5.75 Å². The molecule has 0 unspecified atom stereocenters. The zero-order valence-electron chi connectivity index (χ0n) is 11.5. The molecule has 3 heteroatoms. The van der Waals surface area contributed by atoms with Crippen LogP contribution in [-0.4, -0.2) is 25.1 Å². The summed E-state index contributed by atoms with van der Waals surface area (Å²) in [6, 6.07) is 6.25. The number of hydrogen-bond donors (Lipinski definition) is 1. The maximum Gasteiger partial charge on any atom is 0.123 e. The van der Waals surface area contributed by atoms with Crippen LogP contribution in [0.2, 0.25) is 0 Å². The predicted molar refractivity (Wildman–Crippen MR) is 74.6 cm³/mol. The topological polar surface area (TPSA) is 38.5 Å². The van der Waals surface area contributed by atoms with E-state index in [0.29, 0.717) is 6.54 Å². The smallest absolute Gasteiger partial charge is 0.123 e. The number of piperidine rings is 1. The Morgan fingerprint density at radius 2 is 2.06 bits per heavy atom. The maximum absolute atomic E-state index is 5.71. The number of likely N-dealkylation sites (tertiary alicyclic amines) is 1. The number of nitrogens with zero attached hydrogens (tertiary/aromatic N) is 1. The molecule has 1 aromatic rings. The first-order valence-corrected chi connectivity index (χ1v) is 6.81. The van der Waals surface area contributed by atoms with Crippen molar-refractivity contribution in [3.05, 3.63) is 29.3 Å². The lowest BCUT2D eigenvalue weighted by Gasteiger charge is -2.30. The lowest BCUT2D eigenvalue weighted by Crippen LogP contribution is -2.32. The zero-order chi connectivity index (χ0) is 13.0. The number of hydrogen-bond acceptors (Lipinski definition) is 3. The molecule has 2 rings (SSSR count). The highest BCUT2D eigenvalue weighted by Gasteiger charge is 2.17. The number of rotatable bonds is 4. The van der Waals surface area contributed by atoms with Crippen molar-refractivity contribution in [2.24, 2.45) is 11.7 Å². The molecule has 0 amide bonds. The summed E-state index contributed by atoms with van der Waals surface area (Å²) in [6.07, 6.45) is 2.61. The van der Waals surface area contributed by atoms with Gasteiger partial charge >= 0.3 is 0 Å². The molecule has 1 aliphatic heterocycles. The van der Waals surface area contributed by atoms with Crippen molar-refractivity contribution in [2.45, 2.75) is 32.9 Å². The lowest BCUT2D eigenvalue weighted by molar-refractivity contribution is 0.183. The third-order valence-electron chi connectivity index (χ3n) is 3.85. The molecule has 0 radical (unpaired) electrons. The fraction of sp³-hybridized carbons (Fsp3) is 0.600. The molecule has 0 bridgehead atoms. The van der Waals surface area contributed by atoms with Gasteiger partial charge in [0.2, 0.25) is 0 Å². The Balaban J connectivity index is 2.07. The predicted octanol–water partition coefficient (Wildman–Crippen LogP) is 2.39. The third-order valence-corrected chi connectivity index (χ3v) is 3.85. The second kappa shape index (κ2) is 6.21. The lowest BCUT2D eigenvalue weighted by atomic mass is 9.98. The highest BCUT2D eigenvalue weighted by molar-refractivity contribution is 5.37. The monoisotopic (exact) mass is 248 g/mol. The SMILES string of the molecule is COc1ccc(CN)cc1CN1CCC(C)CC1. The molecule has 0 atom stereocenters. The first-order valence-electron chi connectivity index (χ1n) is 6.81. The van der Waals surface area contributed by atoms with Gasteiger partial charge in [-0.2, -0.15) is 0 Å². The van der Waals surface area contributed by atoms with E-state index in [4.69, 9.17) is 10.5 Å². The highest BCUT2D eigenvalue weighted by Crippen LogP contribution is 2.24. The molecule has 1 saturated heterocycles. The van der Waals surface area contributed by atoms with Gasteiger partial charge in [0.25, 0.3) is 0 Å².